The molecule has 1 heterocycles. The van der Waals surface area contributed by atoms with Crippen LogP contribution in [0.1, 0.15) is 23.5 Å². The molecule has 0 radical (unpaired) electrons. The number of aryl methyl sites for hydroxylation is 1. The van der Waals surface area contributed by atoms with Crippen LogP contribution in [-0.2, 0) is 6.42 Å². The smallest absolute Gasteiger partial charge is 0.0410 e. The third-order valence-corrected chi connectivity index (χ3v) is 3.70. The maximum absolute atomic E-state index is 4.22. The molecule has 3 heteroatoms. The molecule has 0 spiro atoms. The number of nitrogens with one attached hydrogen (secondary N) is 1. The van der Waals surface area contributed by atoms with E-state index in [9.17, 15) is 0 Å². The Hall–Kier alpha value is -1.19. The molecule has 2 aromatic rings. The Balaban J connectivity index is 2.01. The first kappa shape index (κ1) is 14.2. The Bertz CT molecular complexity index is 499. The van der Waals surface area contributed by atoms with E-state index in [1.165, 1.54) is 11.1 Å². The zero-order valence-electron chi connectivity index (χ0n) is 11.1. The fourth-order valence-electron chi connectivity index (χ4n) is 2.29. The summed E-state index contributed by atoms with van der Waals surface area (Å²) in [6.07, 6.45) is 5.95. The number of pyridine rings is 1. The Morgan fingerprint density at radius 2 is 2.00 bits per heavy atom. The van der Waals surface area contributed by atoms with Crippen molar-refractivity contribution in [1.82, 2.24) is 10.3 Å². The fourth-order valence-corrected chi connectivity index (χ4v) is 2.70. The van der Waals surface area contributed by atoms with E-state index in [0.29, 0.717) is 5.92 Å². The maximum atomic E-state index is 4.22. The van der Waals surface area contributed by atoms with E-state index in [2.05, 4.69) is 62.6 Å². The van der Waals surface area contributed by atoms with E-state index < -0.39 is 0 Å². The minimum atomic E-state index is 0.546. The number of halogens is 1. The summed E-state index contributed by atoms with van der Waals surface area (Å²) in [4.78, 5) is 4.22. The molecule has 0 saturated carbocycles. The van der Waals surface area contributed by atoms with Crippen LogP contribution in [0.4, 0.5) is 0 Å². The minimum Gasteiger partial charge on any atom is -0.319 e. The van der Waals surface area contributed by atoms with Crippen molar-refractivity contribution in [2.45, 2.75) is 18.8 Å². The van der Waals surface area contributed by atoms with Gasteiger partial charge in [0.2, 0.25) is 0 Å². The summed E-state index contributed by atoms with van der Waals surface area (Å²) >= 11 is 3.47. The second kappa shape index (κ2) is 7.41. The summed E-state index contributed by atoms with van der Waals surface area (Å²) in [5.41, 5.74) is 2.69. The molecule has 1 unspecified atom stereocenters. The number of benzene rings is 1. The van der Waals surface area contributed by atoms with Crippen LogP contribution >= 0.6 is 15.9 Å². The maximum Gasteiger partial charge on any atom is 0.0410 e. The highest BCUT2D eigenvalue weighted by Gasteiger charge is 2.10. The first-order valence-corrected chi connectivity index (χ1v) is 7.38. The normalized spacial score (nSPS) is 12.3. The molecule has 0 fully saturated rings. The van der Waals surface area contributed by atoms with E-state index in [0.717, 1.165) is 23.9 Å². The number of likely N-dealkylation sites (N-methyl/N-ethyl adjacent to an activating group) is 1. The molecule has 100 valence electrons. The predicted octanol–water partition coefficient (Wildman–Crippen LogP) is 3.78. The molecule has 1 aromatic heterocycles. The molecule has 0 aliphatic rings. The third kappa shape index (κ3) is 4.44. The summed E-state index contributed by atoms with van der Waals surface area (Å²) in [6.45, 7) is 1.01. The molecule has 2 rings (SSSR count). The van der Waals surface area contributed by atoms with Crippen molar-refractivity contribution in [3.63, 3.8) is 0 Å². The van der Waals surface area contributed by atoms with Crippen LogP contribution in [0.15, 0.2) is 53.3 Å². The standard InChI is InChI=1S/C16H19BrN2/c1-18-11-15(14-5-3-2-4-6-14)8-7-13-9-16(17)12-19-10-13/h2-6,9-10,12,15,18H,7-8,11H2,1H3. The van der Waals surface area contributed by atoms with E-state index in [-0.39, 0.29) is 0 Å². The largest absolute Gasteiger partial charge is 0.319 e. The van der Waals surface area contributed by atoms with E-state index in [1.54, 1.807) is 0 Å². The molecule has 0 amide bonds. The van der Waals surface area contributed by atoms with Crippen LogP contribution in [0.5, 0.6) is 0 Å². The van der Waals surface area contributed by atoms with Gasteiger partial charge in [0.25, 0.3) is 0 Å². The van der Waals surface area contributed by atoms with Gasteiger partial charge in [-0.3, -0.25) is 4.98 Å². The van der Waals surface area contributed by atoms with Crippen LogP contribution < -0.4 is 5.32 Å². The van der Waals surface area contributed by atoms with Crippen molar-refractivity contribution >= 4 is 15.9 Å². The lowest BCUT2D eigenvalue weighted by molar-refractivity contribution is 0.583. The molecule has 2 nitrogen and oxygen atoms in total. The highest BCUT2D eigenvalue weighted by Crippen LogP contribution is 2.21. The van der Waals surface area contributed by atoms with Gasteiger partial charge in [0.15, 0.2) is 0 Å². The topological polar surface area (TPSA) is 24.9 Å². The van der Waals surface area contributed by atoms with Crippen LogP contribution in [0.25, 0.3) is 0 Å². The number of hydrogen-bond donors (Lipinski definition) is 1. The molecular weight excluding hydrogens is 300 g/mol. The Kier molecular flexibility index (Phi) is 5.55. The number of rotatable bonds is 6. The number of hydrogen-bond acceptors (Lipinski definition) is 2. The summed E-state index contributed by atoms with van der Waals surface area (Å²) in [5, 5.41) is 3.29. The molecule has 1 N–H and O–H groups in total. The quantitative estimate of drug-likeness (QED) is 0.876. The van der Waals surface area contributed by atoms with Crippen molar-refractivity contribution in [3.8, 4) is 0 Å². The van der Waals surface area contributed by atoms with Gasteiger partial charge in [-0.1, -0.05) is 30.3 Å². The predicted molar refractivity (Wildman–Crippen MR) is 83.4 cm³/mol. The molecule has 0 saturated heterocycles. The SMILES string of the molecule is CNCC(CCc1cncc(Br)c1)c1ccccc1. The van der Waals surface area contributed by atoms with Gasteiger partial charge in [0, 0.05) is 23.4 Å². The number of nitrogens with zero attached hydrogens (tertiary/aromatic N) is 1. The summed E-state index contributed by atoms with van der Waals surface area (Å²) in [5.74, 6) is 0.546. The van der Waals surface area contributed by atoms with Crippen LogP contribution in [0, 0.1) is 0 Å². The Morgan fingerprint density at radius 1 is 1.21 bits per heavy atom. The molecule has 0 bridgehead atoms. The lowest BCUT2D eigenvalue weighted by Crippen LogP contribution is -2.17. The van der Waals surface area contributed by atoms with Gasteiger partial charge in [-0.2, -0.15) is 0 Å². The highest BCUT2D eigenvalue weighted by atomic mass is 79.9. The molecule has 1 atom stereocenters. The average molecular weight is 319 g/mol. The van der Waals surface area contributed by atoms with Crippen molar-refractivity contribution in [3.05, 3.63) is 64.4 Å². The Morgan fingerprint density at radius 3 is 2.68 bits per heavy atom. The Labute approximate surface area is 123 Å². The zero-order valence-corrected chi connectivity index (χ0v) is 12.7. The number of aromatic nitrogens is 1. The lowest BCUT2D eigenvalue weighted by Gasteiger charge is -2.17. The van der Waals surface area contributed by atoms with Crippen LogP contribution in [-0.4, -0.2) is 18.6 Å². The second-order valence-corrected chi connectivity index (χ2v) is 5.63. The third-order valence-electron chi connectivity index (χ3n) is 3.26. The second-order valence-electron chi connectivity index (χ2n) is 4.72. The van der Waals surface area contributed by atoms with Crippen LogP contribution in [0.3, 0.4) is 0 Å². The minimum absolute atomic E-state index is 0.546. The van der Waals surface area contributed by atoms with Gasteiger partial charge in [-0.25, -0.2) is 0 Å². The molecule has 0 aliphatic carbocycles. The van der Waals surface area contributed by atoms with E-state index in [4.69, 9.17) is 0 Å². The molecule has 0 aliphatic heterocycles. The average Bonchev–Trinajstić information content (AvgIpc) is 2.44. The van der Waals surface area contributed by atoms with E-state index in [1.807, 2.05) is 19.4 Å². The molecule has 1 aromatic carbocycles. The lowest BCUT2D eigenvalue weighted by atomic mass is 9.92. The van der Waals surface area contributed by atoms with E-state index >= 15 is 0 Å². The zero-order chi connectivity index (χ0) is 13.5. The van der Waals surface area contributed by atoms with Crippen LogP contribution in [0.2, 0.25) is 0 Å². The highest BCUT2D eigenvalue weighted by molar-refractivity contribution is 9.10. The van der Waals surface area contributed by atoms with Gasteiger partial charge in [-0.15, -0.1) is 0 Å². The first-order valence-electron chi connectivity index (χ1n) is 6.58. The van der Waals surface area contributed by atoms with Gasteiger partial charge >= 0.3 is 0 Å². The summed E-state index contributed by atoms with van der Waals surface area (Å²) < 4.78 is 1.05. The van der Waals surface area contributed by atoms with Crippen molar-refractivity contribution in [2.24, 2.45) is 0 Å². The molecular formula is C16H19BrN2. The van der Waals surface area contributed by atoms with Gasteiger partial charge in [-0.05, 0) is 58.9 Å². The van der Waals surface area contributed by atoms with Crippen molar-refractivity contribution in [1.29, 1.82) is 0 Å². The summed E-state index contributed by atoms with van der Waals surface area (Å²) in [7, 11) is 2.01. The fraction of sp³-hybridized carbons (Fsp3) is 0.312. The van der Waals surface area contributed by atoms with Crippen molar-refractivity contribution in [2.75, 3.05) is 13.6 Å². The van der Waals surface area contributed by atoms with Gasteiger partial charge < -0.3 is 5.32 Å². The first-order chi connectivity index (χ1) is 9.29. The molecule has 19 heavy (non-hydrogen) atoms. The summed E-state index contributed by atoms with van der Waals surface area (Å²) in [6, 6.07) is 12.9. The monoisotopic (exact) mass is 318 g/mol. The van der Waals surface area contributed by atoms with Crippen molar-refractivity contribution < 1.29 is 0 Å². The van der Waals surface area contributed by atoms with Gasteiger partial charge in [0.05, 0.1) is 0 Å². The van der Waals surface area contributed by atoms with Gasteiger partial charge in [0.1, 0.15) is 0 Å².